The van der Waals surface area contributed by atoms with Gasteiger partial charge in [0, 0.05) is 24.5 Å². The van der Waals surface area contributed by atoms with Crippen molar-refractivity contribution in [3.05, 3.63) is 111 Å². The topological polar surface area (TPSA) is 122 Å². The molecule has 2 heterocycles. The number of rotatable bonds is 14. The van der Waals surface area contributed by atoms with Crippen molar-refractivity contribution in [2.24, 2.45) is 0 Å². The van der Waals surface area contributed by atoms with Crippen molar-refractivity contribution in [1.82, 2.24) is 15.6 Å². The standard InChI is InChI=1S/C29H31F2N3O5S2/c1-2-19-5-3-6-20(9-19)14-32-15-27(35)25(12-21-10-22(30)13-23(31)11-21)34-29(36)26-16-40-28(33-26)18-41(37,38)17-24-7-4-8-39-24/h3-11,13,16,25,27,32,35H,2,12,14-15,17-18H2,1H3,(H,34,36)/t25-,27+/m0/s1. The number of furan rings is 1. The van der Waals surface area contributed by atoms with Crippen LogP contribution in [0.3, 0.4) is 0 Å². The average molecular weight is 604 g/mol. The Bertz CT molecular complexity index is 1540. The van der Waals surface area contributed by atoms with Crippen molar-refractivity contribution >= 4 is 27.1 Å². The van der Waals surface area contributed by atoms with E-state index >= 15 is 0 Å². The monoisotopic (exact) mass is 603 g/mol. The van der Waals surface area contributed by atoms with E-state index in [1.54, 1.807) is 12.1 Å². The number of amides is 1. The third-order valence-corrected chi connectivity index (χ3v) is 8.78. The van der Waals surface area contributed by atoms with Gasteiger partial charge in [-0.2, -0.15) is 0 Å². The summed E-state index contributed by atoms with van der Waals surface area (Å²) in [6.45, 7) is 2.62. The fourth-order valence-electron chi connectivity index (χ4n) is 4.31. The zero-order valence-electron chi connectivity index (χ0n) is 22.3. The first-order chi connectivity index (χ1) is 19.6. The molecule has 3 N–H and O–H groups in total. The summed E-state index contributed by atoms with van der Waals surface area (Å²) in [5.41, 5.74) is 2.44. The van der Waals surface area contributed by atoms with Crippen LogP contribution in [0, 0.1) is 11.6 Å². The van der Waals surface area contributed by atoms with Gasteiger partial charge in [-0.05, 0) is 53.8 Å². The average Bonchev–Trinajstić information content (AvgIpc) is 3.59. The molecular weight excluding hydrogens is 572 g/mol. The highest BCUT2D eigenvalue weighted by Crippen LogP contribution is 2.18. The molecule has 1 amide bonds. The summed E-state index contributed by atoms with van der Waals surface area (Å²) in [5, 5.41) is 18.5. The second kappa shape index (κ2) is 13.9. The molecule has 0 aliphatic carbocycles. The molecule has 0 fully saturated rings. The second-order valence-electron chi connectivity index (χ2n) is 9.67. The van der Waals surface area contributed by atoms with Gasteiger partial charge in [-0.1, -0.05) is 31.2 Å². The number of aliphatic hydroxyl groups excluding tert-OH is 1. The first-order valence-electron chi connectivity index (χ1n) is 13.0. The van der Waals surface area contributed by atoms with Crippen molar-refractivity contribution in [2.45, 2.75) is 50.0 Å². The number of nitrogens with one attached hydrogen (secondary N) is 2. The summed E-state index contributed by atoms with van der Waals surface area (Å²) in [6.07, 6.45) is 1.11. The van der Waals surface area contributed by atoms with E-state index in [2.05, 4.69) is 28.6 Å². The molecule has 4 aromatic rings. The number of thiazole rings is 1. The van der Waals surface area contributed by atoms with Crippen LogP contribution in [-0.2, 0) is 40.7 Å². The van der Waals surface area contributed by atoms with E-state index in [9.17, 15) is 27.1 Å². The van der Waals surface area contributed by atoms with Crippen LogP contribution in [-0.4, -0.2) is 43.1 Å². The molecule has 0 bridgehead atoms. The van der Waals surface area contributed by atoms with Crippen molar-refractivity contribution in [2.75, 3.05) is 6.54 Å². The van der Waals surface area contributed by atoms with E-state index in [0.717, 1.165) is 41.5 Å². The Morgan fingerprint density at radius 2 is 1.80 bits per heavy atom. The van der Waals surface area contributed by atoms with Crippen LogP contribution in [0.4, 0.5) is 8.78 Å². The van der Waals surface area contributed by atoms with Gasteiger partial charge in [-0.25, -0.2) is 22.2 Å². The Labute approximate surface area is 241 Å². The fourth-order valence-corrected chi connectivity index (χ4v) is 6.82. The number of nitrogens with zero attached hydrogens (tertiary/aromatic N) is 1. The van der Waals surface area contributed by atoms with E-state index in [4.69, 9.17) is 4.42 Å². The second-order valence-corrected chi connectivity index (χ2v) is 12.7. The molecule has 8 nitrogen and oxygen atoms in total. The summed E-state index contributed by atoms with van der Waals surface area (Å²) in [7, 11) is -3.59. The van der Waals surface area contributed by atoms with Crippen molar-refractivity contribution < 1.29 is 31.5 Å². The fraction of sp³-hybridized carbons (Fsp3) is 0.310. The maximum Gasteiger partial charge on any atom is 0.271 e. The van der Waals surface area contributed by atoms with Gasteiger partial charge >= 0.3 is 0 Å². The van der Waals surface area contributed by atoms with Crippen LogP contribution in [0.15, 0.2) is 70.7 Å². The van der Waals surface area contributed by atoms with Crippen molar-refractivity contribution in [3.63, 3.8) is 0 Å². The first kappa shape index (κ1) is 30.5. The lowest BCUT2D eigenvalue weighted by Gasteiger charge is -2.24. The third-order valence-electron chi connectivity index (χ3n) is 6.31. The molecule has 2 aromatic heterocycles. The zero-order chi connectivity index (χ0) is 29.4. The predicted octanol–water partition coefficient (Wildman–Crippen LogP) is 4.18. The number of aliphatic hydroxyl groups is 1. The number of halogens is 2. The van der Waals surface area contributed by atoms with E-state index in [1.165, 1.54) is 17.2 Å². The van der Waals surface area contributed by atoms with Gasteiger partial charge in [0.25, 0.3) is 5.91 Å². The molecule has 218 valence electrons. The van der Waals surface area contributed by atoms with Gasteiger partial charge < -0.3 is 20.2 Å². The summed E-state index contributed by atoms with van der Waals surface area (Å²) < 4.78 is 57.8. The van der Waals surface area contributed by atoms with Crippen LogP contribution in [0.2, 0.25) is 0 Å². The van der Waals surface area contributed by atoms with Crippen LogP contribution in [0.5, 0.6) is 0 Å². The molecule has 12 heteroatoms. The van der Waals surface area contributed by atoms with Gasteiger partial charge in [0.15, 0.2) is 9.84 Å². The van der Waals surface area contributed by atoms with Crippen LogP contribution >= 0.6 is 11.3 Å². The normalized spacial score (nSPS) is 13.2. The van der Waals surface area contributed by atoms with Crippen LogP contribution in [0.25, 0.3) is 0 Å². The minimum atomic E-state index is -3.59. The quantitative estimate of drug-likeness (QED) is 0.198. The number of aromatic nitrogens is 1. The smallest absolute Gasteiger partial charge is 0.271 e. The number of hydrogen-bond acceptors (Lipinski definition) is 8. The molecule has 0 spiro atoms. The minimum absolute atomic E-state index is 0.0230. The lowest BCUT2D eigenvalue weighted by molar-refractivity contribution is 0.0825. The Kier molecular flexibility index (Phi) is 10.4. The highest BCUT2D eigenvalue weighted by molar-refractivity contribution is 7.89. The molecular formula is C29H31F2N3O5S2. The molecule has 2 aromatic carbocycles. The first-order valence-corrected chi connectivity index (χ1v) is 15.7. The molecule has 0 radical (unpaired) electrons. The summed E-state index contributed by atoms with van der Waals surface area (Å²) >= 11 is 1.02. The third kappa shape index (κ3) is 9.28. The maximum absolute atomic E-state index is 13.9. The Hall–Kier alpha value is -3.45. The summed E-state index contributed by atoms with van der Waals surface area (Å²) in [6, 6.07) is 13.3. The van der Waals surface area contributed by atoms with Gasteiger partial charge in [-0.3, -0.25) is 4.79 Å². The molecule has 0 unspecified atom stereocenters. The van der Waals surface area contributed by atoms with Gasteiger partial charge in [-0.15, -0.1) is 11.3 Å². The number of carbonyl (C=O) groups is 1. The van der Waals surface area contributed by atoms with E-state index < -0.39 is 39.5 Å². The van der Waals surface area contributed by atoms with Gasteiger partial charge in [0.05, 0.1) is 18.4 Å². The molecule has 0 saturated heterocycles. The predicted molar refractivity (Wildman–Crippen MR) is 152 cm³/mol. The SMILES string of the molecule is CCc1cccc(CNC[C@@H](O)[C@H](Cc2cc(F)cc(F)c2)NC(=O)c2csc(CS(=O)(=O)Cc3ccco3)n2)c1. The highest BCUT2D eigenvalue weighted by Gasteiger charge is 2.25. The van der Waals surface area contributed by atoms with E-state index in [-0.39, 0.29) is 40.7 Å². The van der Waals surface area contributed by atoms with Gasteiger partial charge in [0.2, 0.25) is 0 Å². The minimum Gasteiger partial charge on any atom is -0.468 e. The van der Waals surface area contributed by atoms with Crippen molar-refractivity contribution in [1.29, 1.82) is 0 Å². The number of hydrogen-bond donors (Lipinski definition) is 3. The number of carbonyl (C=O) groups excluding carboxylic acids is 1. The van der Waals surface area contributed by atoms with Crippen molar-refractivity contribution in [3.8, 4) is 0 Å². The molecule has 0 aliphatic rings. The number of sulfone groups is 1. The van der Waals surface area contributed by atoms with Crippen LogP contribution in [0.1, 0.15) is 44.9 Å². The zero-order valence-corrected chi connectivity index (χ0v) is 24.0. The van der Waals surface area contributed by atoms with E-state index in [0.29, 0.717) is 12.3 Å². The summed E-state index contributed by atoms with van der Waals surface area (Å²) in [5.74, 6) is -2.55. The molecule has 0 aliphatic heterocycles. The van der Waals surface area contributed by atoms with E-state index in [1.807, 2.05) is 18.2 Å². The largest absolute Gasteiger partial charge is 0.468 e. The Morgan fingerprint density at radius 3 is 2.51 bits per heavy atom. The molecule has 2 atom stereocenters. The van der Waals surface area contributed by atoms with Crippen LogP contribution < -0.4 is 10.6 Å². The molecule has 0 saturated carbocycles. The maximum atomic E-state index is 13.9. The van der Waals surface area contributed by atoms with Gasteiger partial charge in [0.1, 0.15) is 39.6 Å². The Morgan fingerprint density at radius 1 is 1.05 bits per heavy atom. The lowest BCUT2D eigenvalue weighted by atomic mass is 10.00. The molecule has 41 heavy (non-hydrogen) atoms. The summed E-state index contributed by atoms with van der Waals surface area (Å²) in [4.78, 5) is 17.2. The lowest BCUT2D eigenvalue weighted by Crippen LogP contribution is -2.48. The molecule has 4 rings (SSSR count). The number of benzene rings is 2. The number of aryl methyl sites for hydroxylation is 1. The highest BCUT2D eigenvalue weighted by atomic mass is 32.2. The Balaban J connectivity index is 1.43.